The minimum atomic E-state index is -0.535. The largest absolute Gasteiger partial charge is 0.483 e. The van der Waals surface area contributed by atoms with Gasteiger partial charge in [-0.15, -0.1) is 0 Å². The zero-order chi connectivity index (χ0) is 10.6. The van der Waals surface area contributed by atoms with E-state index in [4.69, 9.17) is 15.7 Å². The van der Waals surface area contributed by atoms with E-state index in [9.17, 15) is 4.79 Å². The van der Waals surface area contributed by atoms with Crippen LogP contribution in [-0.2, 0) is 4.79 Å². The quantitative estimate of drug-likeness (QED) is 0.763. The molecule has 1 amide bonds. The summed E-state index contributed by atoms with van der Waals surface area (Å²) in [7, 11) is 0. The molecule has 0 saturated carbocycles. The van der Waals surface area contributed by atoms with Gasteiger partial charge in [-0.3, -0.25) is 4.79 Å². The van der Waals surface area contributed by atoms with Gasteiger partial charge in [0.25, 0.3) is 5.91 Å². The van der Waals surface area contributed by atoms with Crippen molar-refractivity contribution in [2.24, 2.45) is 5.73 Å². The maximum Gasteiger partial charge on any atom is 0.255 e. The van der Waals surface area contributed by atoms with Gasteiger partial charge in [0.2, 0.25) is 0 Å². The first-order valence-electron chi connectivity index (χ1n) is 4.05. The van der Waals surface area contributed by atoms with Crippen molar-refractivity contribution in [1.29, 1.82) is 5.26 Å². The number of hydrogen-bond donors (Lipinski definition) is 1. The van der Waals surface area contributed by atoms with Crippen molar-refractivity contribution in [3.63, 3.8) is 0 Å². The van der Waals surface area contributed by atoms with E-state index in [1.165, 1.54) is 0 Å². The fraction of sp³-hybridized carbons (Fsp3) is 0.200. The molecule has 0 aromatic heterocycles. The summed E-state index contributed by atoms with van der Waals surface area (Å²) in [5.74, 6) is -0.0189. The molecule has 4 nitrogen and oxygen atoms in total. The first-order chi connectivity index (χ1) is 6.63. The number of rotatable bonds is 3. The number of aryl methyl sites for hydroxylation is 1. The first-order valence-corrected chi connectivity index (χ1v) is 4.05. The summed E-state index contributed by atoms with van der Waals surface area (Å²) in [6, 6.07) is 7.01. The Morgan fingerprint density at radius 3 is 2.93 bits per heavy atom. The van der Waals surface area contributed by atoms with E-state index in [0.29, 0.717) is 11.3 Å². The van der Waals surface area contributed by atoms with Crippen LogP contribution in [0.2, 0.25) is 0 Å². The molecule has 0 unspecified atom stereocenters. The number of carbonyl (C=O) groups is 1. The van der Waals surface area contributed by atoms with Crippen LogP contribution in [0.5, 0.6) is 5.75 Å². The molecule has 0 radical (unpaired) electrons. The van der Waals surface area contributed by atoms with E-state index in [2.05, 4.69) is 0 Å². The van der Waals surface area contributed by atoms with Gasteiger partial charge < -0.3 is 10.5 Å². The lowest BCUT2D eigenvalue weighted by Gasteiger charge is -2.06. The van der Waals surface area contributed by atoms with Crippen LogP contribution in [0, 0.1) is 18.3 Å². The highest BCUT2D eigenvalue weighted by Gasteiger charge is 2.02. The lowest BCUT2D eigenvalue weighted by Crippen LogP contribution is -2.20. The first kappa shape index (κ1) is 10.1. The maximum absolute atomic E-state index is 10.5. The number of nitrogens with zero attached hydrogens (tertiary/aromatic N) is 1. The van der Waals surface area contributed by atoms with E-state index < -0.39 is 5.91 Å². The van der Waals surface area contributed by atoms with Crippen molar-refractivity contribution >= 4 is 5.91 Å². The molecule has 0 atom stereocenters. The molecule has 1 aromatic carbocycles. The lowest BCUT2D eigenvalue weighted by atomic mass is 10.1. The Labute approximate surface area is 81.9 Å². The van der Waals surface area contributed by atoms with Crippen LogP contribution in [0.15, 0.2) is 18.2 Å². The minimum Gasteiger partial charge on any atom is -0.483 e. The molecule has 0 saturated heterocycles. The van der Waals surface area contributed by atoms with E-state index in [1.54, 1.807) is 18.2 Å². The predicted octanol–water partition coefficient (Wildman–Crippen LogP) is 0.731. The van der Waals surface area contributed by atoms with Crippen molar-refractivity contribution in [2.45, 2.75) is 6.92 Å². The average Bonchev–Trinajstić information content (AvgIpc) is 2.16. The smallest absolute Gasteiger partial charge is 0.255 e. The van der Waals surface area contributed by atoms with Crippen molar-refractivity contribution < 1.29 is 9.53 Å². The molecule has 0 aliphatic heterocycles. The zero-order valence-corrected chi connectivity index (χ0v) is 7.78. The molecule has 1 rings (SSSR count). The average molecular weight is 190 g/mol. The molecule has 0 heterocycles. The summed E-state index contributed by atoms with van der Waals surface area (Å²) in [6.45, 7) is 1.66. The number of carbonyl (C=O) groups excluding carboxylic acids is 1. The molecule has 2 N–H and O–H groups in total. The fourth-order valence-electron chi connectivity index (χ4n) is 0.974. The van der Waals surface area contributed by atoms with Crippen molar-refractivity contribution in [2.75, 3.05) is 6.61 Å². The van der Waals surface area contributed by atoms with E-state index in [0.717, 1.165) is 5.56 Å². The third-order valence-corrected chi connectivity index (χ3v) is 1.69. The van der Waals surface area contributed by atoms with Crippen LogP contribution in [0.1, 0.15) is 11.1 Å². The fourth-order valence-corrected chi connectivity index (χ4v) is 0.974. The summed E-state index contributed by atoms with van der Waals surface area (Å²) in [4.78, 5) is 10.5. The molecule has 14 heavy (non-hydrogen) atoms. The van der Waals surface area contributed by atoms with Gasteiger partial charge >= 0.3 is 0 Å². The minimum absolute atomic E-state index is 0.171. The standard InChI is InChI=1S/C10H10N2O2/c1-7-2-3-8(5-11)4-9(7)14-6-10(12)13/h2-4H,6H2,1H3,(H2,12,13). The Balaban J connectivity index is 2.85. The Hall–Kier alpha value is -2.02. The molecule has 0 fully saturated rings. The normalized spacial score (nSPS) is 9.14. The number of primary amides is 1. The molecule has 1 aromatic rings. The Morgan fingerprint density at radius 2 is 2.36 bits per heavy atom. The zero-order valence-electron chi connectivity index (χ0n) is 7.78. The summed E-state index contributed by atoms with van der Waals surface area (Å²) in [6.07, 6.45) is 0. The van der Waals surface area contributed by atoms with Crippen molar-refractivity contribution in [1.82, 2.24) is 0 Å². The van der Waals surface area contributed by atoms with E-state index in [1.807, 2.05) is 13.0 Å². The van der Waals surface area contributed by atoms with Crippen molar-refractivity contribution in [3.05, 3.63) is 29.3 Å². The Morgan fingerprint density at radius 1 is 1.64 bits per heavy atom. The van der Waals surface area contributed by atoms with Gasteiger partial charge in [-0.1, -0.05) is 6.07 Å². The second-order valence-electron chi connectivity index (χ2n) is 2.85. The highest BCUT2D eigenvalue weighted by Crippen LogP contribution is 2.18. The number of amides is 1. The van der Waals surface area contributed by atoms with Gasteiger partial charge in [0.05, 0.1) is 11.6 Å². The third kappa shape index (κ3) is 2.49. The molecular weight excluding hydrogens is 180 g/mol. The molecule has 0 aliphatic rings. The number of ether oxygens (including phenoxy) is 1. The van der Waals surface area contributed by atoms with E-state index >= 15 is 0 Å². The van der Waals surface area contributed by atoms with Crippen LogP contribution in [0.3, 0.4) is 0 Å². The molecule has 72 valence electrons. The summed E-state index contributed by atoms with van der Waals surface area (Å²) in [5, 5.41) is 8.63. The summed E-state index contributed by atoms with van der Waals surface area (Å²) < 4.78 is 5.12. The molecule has 4 heteroatoms. The van der Waals surface area contributed by atoms with Crippen LogP contribution in [-0.4, -0.2) is 12.5 Å². The highest BCUT2D eigenvalue weighted by molar-refractivity contribution is 5.75. The van der Waals surface area contributed by atoms with Crippen LogP contribution in [0.25, 0.3) is 0 Å². The van der Waals surface area contributed by atoms with Gasteiger partial charge in [-0.2, -0.15) is 5.26 Å². The Kier molecular flexibility index (Phi) is 3.08. The van der Waals surface area contributed by atoms with Gasteiger partial charge in [-0.05, 0) is 24.6 Å². The number of nitrogens with two attached hydrogens (primary N) is 1. The lowest BCUT2D eigenvalue weighted by molar-refractivity contribution is -0.119. The van der Waals surface area contributed by atoms with Gasteiger partial charge in [0, 0.05) is 0 Å². The van der Waals surface area contributed by atoms with E-state index in [-0.39, 0.29) is 6.61 Å². The monoisotopic (exact) mass is 190 g/mol. The third-order valence-electron chi connectivity index (χ3n) is 1.69. The van der Waals surface area contributed by atoms with Crippen molar-refractivity contribution in [3.8, 4) is 11.8 Å². The second-order valence-corrected chi connectivity index (χ2v) is 2.85. The molecular formula is C10H10N2O2. The number of hydrogen-bond acceptors (Lipinski definition) is 3. The maximum atomic E-state index is 10.5. The predicted molar refractivity (Wildman–Crippen MR) is 50.6 cm³/mol. The van der Waals surface area contributed by atoms with Crippen LogP contribution < -0.4 is 10.5 Å². The molecule has 0 spiro atoms. The molecule has 0 aliphatic carbocycles. The number of benzene rings is 1. The number of nitriles is 1. The Bertz CT molecular complexity index is 394. The van der Waals surface area contributed by atoms with Crippen LogP contribution >= 0.6 is 0 Å². The van der Waals surface area contributed by atoms with Gasteiger partial charge in [-0.25, -0.2) is 0 Å². The summed E-state index contributed by atoms with van der Waals surface area (Å²) >= 11 is 0. The van der Waals surface area contributed by atoms with Crippen LogP contribution in [0.4, 0.5) is 0 Å². The topological polar surface area (TPSA) is 76.1 Å². The summed E-state index contributed by atoms with van der Waals surface area (Å²) in [5.41, 5.74) is 6.29. The molecule has 0 bridgehead atoms. The van der Waals surface area contributed by atoms with Gasteiger partial charge in [0.1, 0.15) is 5.75 Å². The second kappa shape index (κ2) is 4.28. The highest BCUT2D eigenvalue weighted by atomic mass is 16.5. The SMILES string of the molecule is Cc1ccc(C#N)cc1OCC(N)=O. The van der Waals surface area contributed by atoms with Gasteiger partial charge in [0.15, 0.2) is 6.61 Å².